The molecule has 1 aliphatic heterocycles. The Kier molecular flexibility index (Phi) is 4.57. The number of nitrogens with one attached hydrogen (secondary N) is 2. The third kappa shape index (κ3) is 3.33. The first-order chi connectivity index (χ1) is 12.2. The van der Waals surface area contributed by atoms with Gasteiger partial charge in [0.1, 0.15) is 0 Å². The van der Waals surface area contributed by atoms with Gasteiger partial charge < -0.3 is 10.6 Å². The molecule has 1 saturated heterocycles. The van der Waals surface area contributed by atoms with E-state index in [4.69, 9.17) is 5.10 Å². The predicted molar refractivity (Wildman–Crippen MR) is 98.3 cm³/mol. The van der Waals surface area contributed by atoms with Crippen LogP contribution in [0.4, 0.5) is 0 Å². The van der Waals surface area contributed by atoms with Crippen molar-refractivity contribution in [2.24, 2.45) is 0 Å². The zero-order valence-corrected chi connectivity index (χ0v) is 14.8. The fraction of sp³-hybridized carbons (Fsp3) is 0.500. The first kappa shape index (κ1) is 16.3. The van der Waals surface area contributed by atoms with Crippen LogP contribution < -0.4 is 10.6 Å². The summed E-state index contributed by atoms with van der Waals surface area (Å²) in [5, 5.41) is 11.3. The second kappa shape index (κ2) is 7.00. The lowest BCUT2D eigenvalue weighted by Gasteiger charge is -2.23. The number of hydrogen-bond acceptors (Lipinski definition) is 3. The Balaban J connectivity index is 1.65. The molecule has 0 bridgehead atoms. The summed E-state index contributed by atoms with van der Waals surface area (Å²) < 4.78 is 1.99. The van der Waals surface area contributed by atoms with Crippen molar-refractivity contribution in [3.05, 3.63) is 46.8 Å². The Bertz CT molecular complexity index is 757. The number of piperidine rings is 1. The summed E-state index contributed by atoms with van der Waals surface area (Å²) in [4.78, 5) is 12.9. The number of fused-ring (bicyclic) bond motifs is 1. The number of nitrogens with zero attached hydrogens (tertiary/aromatic N) is 2. The second-order valence-corrected chi connectivity index (χ2v) is 7.23. The molecule has 1 aliphatic carbocycles. The maximum Gasteiger partial charge on any atom is 0.272 e. The highest BCUT2D eigenvalue weighted by atomic mass is 16.2. The molecule has 0 saturated carbocycles. The van der Waals surface area contributed by atoms with Gasteiger partial charge in [0.05, 0.1) is 5.69 Å². The van der Waals surface area contributed by atoms with Crippen molar-refractivity contribution in [3.63, 3.8) is 0 Å². The number of hydrogen-bond donors (Lipinski definition) is 2. The SMILES string of the molecule is Cc1ccc(-n2nc(C(=O)NC3CCNCC3)c3c2CCCC3)cc1. The third-order valence-corrected chi connectivity index (χ3v) is 5.35. The van der Waals surface area contributed by atoms with E-state index in [0.29, 0.717) is 5.69 Å². The Morgan fingerprint density at radius 1 is 1.16 bits per heavy atom. The highest BCUT2D eigenvalue weighted by Gasteiger charge is 2.27. The lowest BCUT2D eigenvalue weighted by Crippen LogP contribution is -2.43. The van der Waals surface area contributed by atoms with Crippen LogP contribution in [0.3, 0.4) is 0 Å². The van der Waals surface area contributed by atoms with Gasteiger partial charge in [-0.05, 0) is 70.7 Å². The van der Waals surface area contributed by atoms with Crippen LogP contribution in [0.1, 0.15) is 53.0 Å². The van der Waals surface area contributed by atoms with Crippen molar-refractivity contribution in [1.82, 2.24) is 20.4 Å². The molecule has 1 aromatic carbocycles. The van der Waals surface area contributed by atoms with Crippen molar-refractivity contribution in [3.8, 4) is 5.69 Å². The molecule has 2 aliphatic rings. The normalized spacial score (nSPS) is 18.0. The van der Waals surface area contributed by atoms with Crippen LogP contribution in [0, 0.1) is 6.92 Å². The van der Waals surface area contributed by atoms with Gasteiger partial charge >= 0.3 is 0 Å². The second-order valence-electron chi connectivity index (χ2n) is 7.23. The van der Waals surface area contributed by atoms with Crippen molar-refractivity contribution < 1.29 is 4.79 Å². The molecule has 5 nitrogen and oxygen atoms in total. The highest BCUT2D eigenvalue weighted by Crippen LogP contribution is 2.27. The average molecular weight is 338 g/mol. The summed E-state index contributed by atoms with van der Waals surface area (Å²) >= 11 is 0. The van der Waals surface area contributed by atoms with Crippen LogP contribution in [-0.2, 0) is 12.8 Å². The van der Waals surface area contributed by atoms with Crippen LogP contribution in [0.5, 0.6) is 0 Å². The number of benzene rings is 1. The minimum atomic E-state index is -0.00379. The number of amides is 1. The first-order valence-electron chi connectivity index (χ1n) is 9.42. The van der Waals surface area contributed by atoms with Gasteiger partial charge in [-0.25, -0.2) is 4.68 Å². The van der Waals surface area contributed by atoms with Crippen LogP contribution >= 0.6 is 0 Å². The first-order valence-corrected chi connectivity index (χ1v) is 9.42. The maximum atomic E-state index is 12.9. The summed E-state index contributed by atoms with van der Waals surface area (Å²) in [6.07, 6.45) is 6.24. The molecular weight excluding hydrogens is 312 g/mol. The maximum absolute atomic E-state index is 12.9. The summed E-state index contributed by atoms with van der Waals surface area (Å²) in [6.45, 7) is 4.03. The van der Waals surface area contributed by atoms with E-state index in [1.807, 2.05) is 4.68 Å². The van der Waals surface area contributed by atoms with Crippen molar-refractivity contribution >= 4 is 5.91 Å². The molecule has 2 aromatic rings. The standard InChI is InChI=1S/C20H26N4O/c1-14-6-8-16(9-7-14)24-18-5-3-2-4-17(18)19(23-24)20(25)22-15-10-12-21-13-11-15/h6-9,15,21H,2-5,10-13H2,1H3,(H,22,25). The Morgan fingerprint density at radius 3 is 2.64 bits per heavy atom. The predicted octanol–water partition coefficient (Wildman–Crippen LogP) is 2.54. The molecule has 4 rings (SSSR count). The molecule has 0 unspecified atom stereocenters. The molecule has 25 heavy (non-hydrogen) atoms. The molecular formula is C20H26N4O. The fourth-order valence-electron chi connectivity index (χ4n) is 3.90. The van der Waals surface area contributed by atoms with Gasteiger partial charge in [0.25, 0.3) is 5.91 Å². The van der Waals surface area contributed by atoms with E-state index < -0.39 is 0 Å². The monoisotopic (exact) mass is 338 g/mol. The molecule has 0 spiro atoms. The third-order valence-electron chi connectivity index (χ3n) is 5.35. The Labute approximate surface area is 148 Å². The van der Waals surface area contributed by atoms with Crippen LogP contribution in [-0.4, -0.2) is 34.8 Å². The number of carbonyl (C=O) groups is 1. The van der Waals surface area contributed by atoms with E-state index in [1.165, 1.54) is 17.7 Å². The average Bonchev–Trinajstić information content (AvgIpc) is 3.03. The zero-order valence-electron chi connectivity index (χ0n) is 14.8. The van der Waals surface area contributed by atoms with Gasteiger partial charge in [0, 0.05) is 17.3 Å². The smallest absolute Gasteiger partial charge is 0.272 e. The number of aryl methyl sites for hydroxylation is 1. The minimum absolute atomic E-state index is 0.00379. The topological polar surface area (TPSA) is 59.0 Å². The summed E-state index contributed by atoms with van der Waals surface area (Å²) in [7, 11) is 0. The molecule has 2 heterocycles. The largest absolute Gasteiger partial charge is 0.348 e. The Morgan fingerprint density at radius 2 is 1.88 bits per heavy atom. The molecule has 1 fully saturated rings. The van der Waals surface area contributed by atoms with Crippen molar-refractivity contribution in [2.45, 2.75) is 51.5 Å². The molecule has 1 aromatic heterocycles. The van der Waals surface area contributed by atoms with Gasteiger partial charge in [-0.1, -0.05) is 17.7 Å². The van der Waals surface area contributed by atoms with Crippen LogP contribution in [0.15, 0.2) is 24.3 Å². The van der Waals surface area contributed by atoms with E-state index in [-0.39, 0.29) is 11.9 Å². The van der Waals surface area contributed by atoms with E-state index >= 15 is 0 Å². The van der Waals surface area contributed by atoms with Crippen LogP contribution in [0.2, 0.25) is 0 Å². The zero-order chi connectivity index (χ0) is 17.2. The van der Waals surface area contributed by atoms with Gasteiger partial charge in [0.15, 0.2) is 5.69 Å². The summed E-state index contributed by atoms with van der Waals surface area (Å²) in [5.74, 6) is -0.00379. The number of carbonyl (C=O) groups excluding carboxylic acids is 1. The summed E-state index contributed by atoms with van der Waals surface area (Å²) in [6, 6.07) is 8.64. The van der Waals surface area contributed by atoms with Crippen molar-refractivity contribution in [1.29, 1.82) is 0 Å². The van der Waals surface area contributed by atoms with Crippen LogP contribution in [0.25, 0.3) is 5.69 Å². The van der Waals surface area contributed by atoms with E-state index in [1.54, 1.807) is 0 Å². The molecule has 5 heteroatoms. The lowest BCUT2D eigenvalue weighted by atomic mass is 9.95. The quantitative estimate of drug-likeness (QED) is 0.904. The summed E-state index contributed by atoms with van der Waals surface area (Å²) in [5.41, 5.74) is 5.27. The lowest BCUT2D eigenvalue weighted by molar-refractivity contribution is 0.0923. The fourth-order valence-corrected chi connectivity index (χ4v) is 3.90. The van der Waals surface area contributed by atoms with E-state index in [0.717, 1.165) is 56.4 Å². The van der Waals surface area contributed by atoms with Crippen molar-refractivity contribution in [2.75, 3.05) is 13.1 Å². The molecule has 0 atom stereocenters. The molecule has 2 N–H and O–H groups in total. The van der Waals surface area contributed by atoms with E-state index in [2.05, 4.69) is 41.8 Å². The molecule has 0 radical (unpaired) electrons. The van der Waals surface area contributed by atoms with E-state index in [9.17, 15) is 4.79 Å². The Hall–Kier alpha value is -2.14. The minimum Gasteiger partial charge on any atom is -0.348 e. The number of rotatable bonds is 3. The molecule has 1 amide bonds. The van der Waals surface area contributed by atoms with Gasteiger partial charge in [0.2, 0.25) is 0 Å². The number of aromatic nitrogens is 2. The highest BCUT2D eigenvalue weighted by molar-refractivity contribution is 5.94. The van der Waals surface area contributed by atoms with Gasteiger partial charge in [-0.3, -0.25) is 4.79 Å². The molecule has 132 valence electrons. The van der Waals surface area contributed by atoms with Gasteiger partial charge in [-0.2, -0.15) is 5.10 Å². The van der Waals surface area contributed by atoms with Gasteiger partial charge in [-0.15, -0.1) is 0 Å².